The monoisotopic (exact) mass is 352 g/mol. The van der Waals surface area contributed by atoms with Crippen LogP contribution in [0.3, 0.4) is 0 Å². The molecule has 128 valence electrons. The normalized spacial score (nSPS) is 18.2. The van der Waals surface area contributed by atoms with E-state index in [1.54, 1.807) is 6.20 Å². The van der Waals surface area contributed by atoms with Crippen molar-refractivity contribution in [3.8, 4) is 0 Å². The molecule has 0 saturated carbocycles. The summed E-state index contributed by atoms with van der Waals surface area (Å²) in [5.41, 5.74) is 12.9. The number of hydrogen-bond acceptors (Lipinski definition) is 3. The van der Waals surface area contributed by atoms with Gasteiger partial charge in [-0.2, -0.15) is 0 Å². The Morgan fingerprint density at radius 1 is 1.46 bits per heavy atom. The average Bonchev–Trinajstić information content (AvgIpc) is 2.87. The van der Waals surface area contributed by atoms with Crippen LogP contribution in [-0.2, 0) is 24.1 Å². The van der Waals surface area contributed by atoms with Crippen molar-refractivity contribution < 1.29 is 13.6 Å². The number of nitrogens with two attached hydrogens (primary N) is 2. The summed E-state index contributed by atoms with van der Waals surface area (Å²) >= 11 is 5.32. The summed E-state index contributed by atoms with van der Waals surface area (Å²) in [5, 5.41) is 0. The van der Waals surface area contributed by atoms with Crippen LogP contribution in [0.25, 0.3) is 0 Å². The molecule has 1 aromatic carbocycles. The summed E-state index contributed by atoms with van der Waals surface area (Å²) in [6.07, 6.45) is 3.59. The van der Waals surface area contributed by atoms with Gasteiger partial charge in [0.1, 0.15) is 11.6 Å². The van der Waals surface area contributed by atoms with Crippen molar-refractivity contribution in [1.29, 1.82) is 0 Å². The molecule has 1 aromatic heterocycles. The van der Waals surface area contributed by atoms with Crippen molar-refractivity contribution in [3.63, 3.8) is 0 Å². The number of carbonyl (C=O) groups excluding carboxylic acids is 1. The second-order valence-electron chi connectivity index (χ2n) is 6.09. The van der Waals surface area contributed by atoms with Crippen molar-refractivity contribution >= 4 is 18.1 Å². The fourth-order valence-electron chi connectivity index (χ4n) is 3.30. The Hall–Kier alpha value is -2.06. The van der Waals surface area contributed by atoms with Crippen LogP contribution in [0.5, 0.6) is 0 Å². The van der Waals surface area contributed by atoms with E-state index in [9.17, 15) is 13.6 Å². The van der Waals surface area contributed by atoms with Crippen molar-refractivity contribution in [1.82, 2.24) is 9.55 Å². The van der Waals surface area contributed by atoms with Crippen LogP contribution in [0, 0.1) is 16.4 Å². The Labute approximate surface area is 142 Å². The number of nitrogens with zero attached hydrogens (tertiary/aromatic N) is 1. The quantitative estimate of drug-likeness (QED) is 0.734. The maximum Gasteiger partial charge on any atom is 0.234 e. The zero-order chi connectivity index (χ0) is 17.4. The first-order valence-corrected chi connectivity index (χ1v) is 8.08. The van der Waals surface area contributed by atoms with E-state index in [-0.39, 0.29) is 12.5 Å². The number of hydrogen-bond donors (Lipinski definition) is 3. The number of aromatic nitrogens is 2. The van der Waals surface area contributed by atoms with Gasteiger partial charge in [0.05, 0.1) is 6.04 Å². The summed E-state index contributed by atoms with van der Waals surface area (Å²) in [4.78, 5) is 14.2. The van der Waals surface area contributed by atoms with E-state index in [1.807, 2.05) is 4.57 Å². The smallest absolute Gasteiger partial charge is 0.234 e. The number of carbonyl (C=O) groups is 1. The number of nitrogens with one attached hydrogen (secondary N) is 1. The number of amides is 1. The van der Waals surface area contributed by atoms with E-state index >= 15 is 0 Å². The largest absolute Gasteiger partial charge is 0.368 e. The van der Waals surface area contributed by atoms with Gasteiger partial charge in [-0.3, -0.25) is 4.79 Å². The summed E-state index contributed by atoms with van der Waals surface area (Å²) in [5.74, 6) is -1.68. The van der Waals surface area contributed by atoms with Gasteiger partial charge in [-0.25, -0.2) is 8.78 Å². The Balaban J connectivity index is 1.92. The first-order valence-electron chi connectivity index (χ1n) is 7.67. The fraction of sp³-hybridized carbons (Fsp3) is 0.375. The van der Waals surface area contributed by atoms with Crippen molar-refractivity contribution in [3.05, 3.63) is 51.6 Å². The third-order valence-electron chi connectivity index (χ3n) is 4.49. The highest BCUT2D eigenvalue weighted by molar-refractivity contribution is 7.71. The summed E-state index contributed by atoms with van der Waals surface area (Å²) in [6.45, 7) is 0. The number of primary amides is 1. The van der Waals surface area contributed by atoms with Gasteiger partial charge >= 0.3 is 0 Å². The van der Waals surface area contributed by atoms with Crippen LogP contribution in [-0.4, -0.2) is 21.5 Å². The number of benzene rings is 1. The Morgan fingerprint density at radius 2 is 2.21 bits per heavy atom. The molecule has 1 aliphatic rings. The molecule has 0 bridgehead atoms. The van der Waals surface area contributed by atoms with Gasteiger partial charge in [0, 0.05) is 30.4 Å². The van der Waals surface area contributed by atoms with E-state index in [1.165, 1.54) is 6.07 Å². The van der Waals surface area contributed by atoms with Gasteiger partial charge < -0.3 is 21.0 Å². The zero-order valence-corrected chi connectivity index (χ0v) is 13.7. The SMILES string of the molecule is NC(=O)C(N)Cc1c[nH]c(=S)n1C1CCc2c(F)cc(F)cc2C1. The Bertz CT molecular complexity index is 845. The number of fused-ring (bicyclic) bond motifs is 1. The fourth-order valence-corrected chi connectivity index (χ4v) is 3.63. The Morgan fingerprint density at radius 3 is 2.92 bits per heavy atom. The summed E-state index contributed by atoms with van der Waals surface area (Å²) in [7, 11) is 0. The lowest BCUT2D eigenvalue weighted by Gasteiger charge is -2.28. The molecule has 2 unspecified atom stereocenters. The van der Waals surface area contributed by atoms with Crippen molar-refractivity contribution in [2.24, 2.45) is 11.5 Å². The van der Waals surface area contributed by atoms with E-state index in [2.05, 4.69) is 4.98 Å². The van der Waals surface area contributed by atoms with Gasteiger partial charge in [-0.05, 0) is 48.7 Å². The molecule has 0 radical (unpaired) electrons. The zero-order valence-electron chi connectivity index (χ0n) is 12.9. The molecule has 0 fully saturated rings. The van der Waals surface area contributed by atoms with Gasteiger partial charge in [-0.1, -0.05) is 0 Å². The maximum absolute atomic E-state index is 13.9. The molecule has 5 nitrogen and oxygen atoms in total. The molecule has 8 heteroatoms. The number of H-pyrrole nitrogens is 1. The highest BCUT2D eigenvalue weighted by Crippen LogP contribution is 2.32. The molecule has 0 spiro atoms. The molecule has 5 N–H and O–H groups in total. The standard InChI is InChI=1S/C16H18F2N4OS/c17-9-3-8-4-10(1-2-12(8)13(18)5-9)22-11(7-21-16(22)24)6-14(19)15(20)23/h3,5,7,10,14H,1-2,4,6,19H2,(H2,20,23)(H,21,24). The van der Waals surface area contributed by atoms with E-state index in [0.29, 0.717) is 35.2 Å². The molecule has 24 heavy (non-hydrogen) atoms. The van der Waals surface area contributed by atoms with Gasteiger partial charge in [0.15, 0.2) is 4.77 Å². The minimum Gasteiger partial charge on any atom is -0.368 e. The van der Waals surface area contributed by atoms with Crippen LogP contribution in [0.2, 0.25) is 0 Å². The molecule has 2 atom stereocenters. The van der Waals surface area contributed by atoms with E-state index in [0.717, 1.165) is 11.8 Å². The van der Waals surface area contributed by atoms with Crippen molar-refractivity contribution in [2.75, 3.05) is 0 Å². The molecule has 1 aliphatic carbocycles. The lowest BCUT2D eigenvalue weighted by Crippen LogP contribution is -2.39. The molecule has 1 heterocycles. The second kappa shape index (κ2) is 6.45. The lowest BCUT2D eigenvalue weighted by atomic mass is 9.87. The third-order valence-corrected chi connectivity index (χ3v) is 4.80. The molecular weight excluding hydrogens is 334 g/mol. The van der Waals surface area contributed by atoms with Gasteiger partial charge in [0.25, 0.3) is 0 Å². The molecule has 0 saturated heterocycles. The molecular formula is C16H18F2N4OS. The first kappa shape index (κ1) is 16.8. The number of aromatic amines is 1. The molecule has 0 aliphatic heterocycles. The second-order valence-corrected chi connectivity index (χ2v) is 6.48. The van der Waals surface area contributed by atoms with E-state index < -0.39 is 23.6 Å². The number of rotatable bonds is 4. The maximum atomic E-state index is 13.9. The lowest BCUT2D eigenvalue weighted by molar-refractivity contribution is -0.119. The predicted molar refractivity (Wildman–Crippen MR) is 87.9 cm³/mol. The minimum absolute atomic E-state index is 0.0486. The van der Waals surface area contributed by atoms with Crippen LogP contribution < -0.4 is 11.5 Å². The van der Waals surface area contributed by atoms with Crippen molar-refractivity contribution in [2.45, 2.75) is 37.8 Å². The van der Waals surface area contributed by atoms with Crippen LogP contribution in [0.15, 0.2) is 18.3 Å². The van der Waals surface area contributed by atoms with E-state index in [4.69, 9.17) is 23.7 Å². The van der Waals surface area contributed by atoms with Crippen LogP contribution in [0.1, 0.15) is 29.3 Å². The highest BCUT2D eigenvalue weighted by Gasteiger charge is 2.26. The summed E-state index contributed by atoms with van der Waals surface area (Å²) < 4.78 is 29.8. The molecule has 3 rings (SSSR count). The Kier molecular flexibility index (Phi) is 4.51. The third kappa shape index (κ3) is 3.11. The van der Waals surface area contributed by atoms with Gasteiger partial charge in [0.2, 0.25) is 5.91 Å². The van der Waals surface area contributed by atoms with Crippen LogP contribution in [0.4, 0.5) is 8.78 Å². The van der Waals surface area contributed by atoms with Gasteiger partial charge in [-0.15, -0.1) is 0 Å². The number of imidazole rings is 1. The van der Waals surface area contributed by atoms with Crippen LogP contribution >= 0.6 is 12.2 Å². The molecule has 1 amide bonds. The first-order chi connectivity index (χ1) is 11.4. The number of halogens is 2. The summed E-state index contributed by atoms with van der Waals surface area (Å²) in [6, 6.07) is 1.42. The topological polar surface area (TPSA) is 89.8 Å². The highest BCUT2D eigenvalue weighted by atomic mass is 32.1. The molecule has 2 aromatic rings. The minimum atomic E-state index is -0.813. The predicted octanol–water partition coefficient (Wildman–Crippen LogP) is 1.91. The average molecular weight is 352 g/mol.